The normalized spacial score (nSPS) is 10.6. The fourth-order valence-corrected chi connectivity index (χ4v) is 3.45. The Bertz CT molecular complexity index is 862. The van der Waals surface area contributed by atoms with E-state index in [1.165, 1.54) is 11.8 Å². The summed E-state index contributed by atoms with van der Waals surface area (Å²) in [6.45, 7) is 2.78. The number of hydrogen-bond donors (Lipinski definition) is 0. The highest BCUT2D eigenvalue weighted by Crippen LogP contribution is 2.26. The molecular weight excluding hydrogens is 334 g/mol. The molecule has 0 bridgehead atoms. The van der Waals surface area contributed by atoms with Gasteiger partial charge in [0.05, 0.1) is 18.4 Å². The van der Waals surface area contributed by atoms with Crippen molar-refractivity contribution in [2.45, 2.75) is 18.6 Å². The molecule has 0 N–H and O–H groups in total. The number of aromatic nitrogens is 3. The standard InChI is InChI=1S/C19H19N3O2S/c1-3-22-18(14-9-5-4-6-10-14)20-21-19(22)25-13-16(23)15-11-7-8-12-17(15)24-2/h4-12H,3,13H2,1-2H3. The van der Waals surface area contributed by atoms with Crippen LogP contribution >= 0.6 is 11.8 Å². The van der Waals surface area contributed by atoms with Gasteiger partial charge in [0.15, 0.2) is 16.8 Å². The lowest BCUT2D eigenvalue weighted by molar-refractivity contribution is 0.101. The van der Waals surface area contributed by atoms with Gasteiger partial charge in [-0.3, -0.25) is 4.79 Å². The molecule has 3 rings (SSSR count). The van der Waals surface area contributed by atoms with E-state index in [2.05, 4.69) is 10.2 Å². The predicted molar refractivity (Wildman–Crippen MR) is 99.2 cm³/mol. The fraction of sp³-hybridized carbons (Fsp3) is 0.211. The number of ether oxygens (including phenoxy) is 1. The molecule has 6 heteroatoms. The van der Waals surface area contributed by atoms with E-state index in [-0.39, 0.29) is 11.5 Å². The number of carbonyl (C=O) groups excluding carboxylic acids is 1. The largest absolute Gasteiger partial charge is 0.496 e. The predicted octanol–water partition coefficient (Wildman–Crippen LogP) is 3.95. The smallest absolute Gasteiger partial charge is 0.191 e. The van der Waals surface area contributed by atoms with Crippen LogP contribution in [0.4, 0.5) is 0 Å². The van der Waals surface area contributed by atoms with Crippen molar-refractivity contribution in [3.8, 4) is 17.1 Å². The van der Waals surface area contributed by atoms with E-state index < -0.39 is 0 Å². The molecule has 1 aromatic heterocycles. The molecule has 128 valence electrons. The first kappa shape index (κ1) is 17.2. The third kappa shape index (κ3) is 3.74. The molecule has 2 aromatic carbocycles. The van der Waals surface area contributed by atoms with Crippen LogP contribution in [0.25, 0.3) is 11.4 Å². The summed E-state index contributed by atoms with van der Waals surface area (Å²) in [4.78, 5) is 12.5. The monoisotopic (exact) mass is 353 g/mol. The van der Waals surface area contributed by atoms with Crippen LogP contribution in [0, 0.1) is 0 Å². The Hall–Kier alpha value is -2.60. The van der Waals surface area contributed by atoms with Gasteiger partial charge in [0.25, 0.3) is 0 Å². The SMILES string of the molecule is CCn1c(SCC(=O)c2ccccc2OC)nnc1-c1ccccc1. The van der Waals surface area contributed by atoms with Gasteiger partial charge in [-0.2, -0.15) is 0 Å². The van der Waals surface area contributed by atoms with E-state index in [1.54, 1.807) is 19.2 Å². The summed E-state index contributed by atoms with van der Waals surface area (Å²) in [5.74, 6) is 1.70. The van der Waals surface area contributed by atoms with E-state index >= 15 is 0 Å². The quantitative estimate of drug-likeness (QED) is 0.475. The van der Waals surface area contributed by atoms with Crippen molar-refractivity contribution >= 4 is 17.5 Å². The summed E-state index contributed by atoms with van der Waals surface area (Å²) in [5.41, 5.74) is 1.60. The first-order valence-corrected chi connectivity index (χ1v) is 9.00. The zero-order valence-corrected chi connectivity index (χ0v) is 15.0. The summed E-state index contributed by atoms with van der Waals surface area (Å²) >= 11 is 1.39. The number of nitrogens with zero attached hydrogens (tertiary/aromatic N) is 3. The van der Waals surface area contributed by atoms with Gasteiger partial charge in [-0.1, -0.05) is 54.2 Å². The van der Waals surface area contributed by atoms with Crippen molar-refractivity contribution in [2.75, 3.05) is 12.9 Å². The lowest BCUT2D eigenvalue weighted by Crippen LogP contribution is -2.06. The van der Waals surface area contributed by atoms with Crippen molar-refractivity contribution in [1.29, 1.82) is 0 Å². The summed E-state index contributed by atoms with van der Waals surface area (Å²) in [7, 11) is 1.57. The average molecular weight is 353 g/mol. The van der Waals surface area contributed by atoms with Crippen LogP contribution in [0.2, 0.25) is 0 Å². The maximum Gasteiger partial charge on any atom is 0.191 e. The Morgan fingerprint density at radius 3 is 2.52 bits per heavy atom. The highest BCUT2D eigenvalue weighted by atomic mass is 32.2. The van der Waals surface area contributed by atoms with E-state index in [0.717, 1.165) is 23.1 Å². The first-order chi connectivity index (χ1) is 12.2. The number of ketones is 1. The van der Waals surface area contributed by atoms with Crippen LogP contribution in [0.15, 0.2) is 59.8 Å². The fourth-order valence-electron chi connectivity index (χ4n) is 2.56. The highest BCUT2D eigenvalue weighted by Gasteiger charge is 2.16. The zero-order chi connectivity index (χ0) is 17.6. The minimum atomic E-state index is 0.00867. The van der Waals surface area contributed by atoms with Crippen LogP contribution in [0.1, 0.15) is 17.3 Å². The lowest BCUT2D eigenvalue weighted by atomic mass is 10.1. The Kier molecular flexibility index (Phi) is 5.50. The Balaban J connectivity index is 1.78. The molecule has 0 aliphatic carbocycles. The van der Waals surface area contributed by atoms with Gasteiger partial charge in [-0.15, -0.1) is 10.2 Å². The molecular formula is C19H19N3O2S. The van der Waals surface area contributed by atoms with Crippen LogP contribution in [-0.2, 0) is 6.54 Å². The second-order valence-electron chi connectivity index (χ2n) is 5.33. The number of thioether (sulfide) groups is 1. The third-order valence-electron chi connectivity index (χ3n) is 3.80. The van der Waals surface area contributed by atoms with Gasteiger partial charge >= 0.3 is 0 Å². The second kappa shape index (κ2) is 7.98. The minimum Gasteiger partial charge on any atom is -0.496 e. The molecule has 0 radical (unpaired) electrons. The van der Waals surface area contributed by atoms with Crippen molar-refractivity contribution in [3.05, 3.63) is 60.2 Å². The van der Waals surface area contributed by atoms with Crippen molar-refractivity contribution in [1.82, 2.24) is 14.8 Å². The van der Waals surface area contributed by atoms with Gasteiger partial charge in [0.1, 0.15) is 5.75 Å². The van der Waals surface area contributed by atoms with Crippen LogP contribution in [-0.4, -0.2) is 33.4 Å². The molecule has 0 aliphatic rings. The third-order valence-corrected chi connectivity index (χ3v) is 4.77. The Labute approximate surface area is 151 Å². The van der Waals surface area contributed by atoms with Gasteiger partial charge in [0, 0.05) is 12.1 Å². The van der Waals surface area contributed by atoms with E-state index in [9.17, 15) is 4.79 Å². The van der Waals surface area contributed by atoms with Gasteiger partial charge < -0.3 is 9.30 Å². The van der Waals surface area contributed by atoms with Crippen LogP contribution < -0.4 is 4.74 Å². The first-order valence-electron chi connectivity index (χ1n) is 8.02. The summed E-state index contributed by atoms with van der Waals surface area (Å²) in [6.07, 6.45) is 0. The highest BCUT2D eigenvalue weighted by molar-refractivity contribution is 7.99. The lowest BCUT2D eigenvalue weighted by Gasteiger charge is -2.08. The number of rotatable bonds is 7. The van der Waals surface area contributed by atoms with Crippen molar-refractivity contribution in [3.63, 3.8) is 0 Å². The second-order valence-corrected chi connectivity index (χ2v) is 6.27. The number of methoxy groups -OCH3 is 1. The molecule has 5 nitrogen and oxygen atoms in total. The maximum atomic E-state index is 12.5. The van der Waals surface area contributed by atoms with Crippen LogP contribution in [0.5, 0.6) is 5.75 Å². The number of para-hydroxylation sites is 1. The van der Waals surface area contributed by atoms with Gasteiger partial charge in [0.2, 0.25) is 0 Å². The Morgan fingerprint density at radius 1 is 1.08 bits per heavy atom. The minimum absolute atomic E-state index is 0.00867. The number of carbonyl (C=O) groups is 1. The van der Waals surface area contributed by atoms with Gasteiger partial charge in [-0.25, -0.2) is 0 Å². The number of benzene rings is 2. The molecule has 1 heterocycles. The molecule has 0 atom stereocenters. The molecule has 25 heavy (non-hydrogen) atoms. The summed E-state index contributed by atoms with van der Waals surface area (Å²) in [5, 5.41) is 9.30. The number of Topliss-reactive ketones (excluding diaryl/α,β-unsaturated/α-hetero) is 1. The zero-order valence-electron chi connectivity index (χ0n) is 14.2. The van der Waals surface area contributed by atoms with Gasteiger partial charge in [-0.05, 0) is 19.1 Å². The number of hydrogen-bond acceptors (Lipinski definition) is 5. The van der Waals surface area contributed by atoms with Crippen molar-refractivity contribution in [2.24, 2.45) is 0 Å². The Morgan fingerprint density at radius 2 is 1.80 bits per heavy atom. The molecule has 0 spiro atoms. The van der Waals surface area contributed by atoms with E-state index in [0.29, 0.717) is 11.3 Å². The maximum absolute atomic E-state index is 12.5. The molecule has 0 saturated heterocycles. The van der Waals surface area contributed by atoms with E-state index in [1.807, 2.05) is 54.0 Å². The summed E-state index contributed by atoms with van der Waals surface area (Å²) in [6, 6.07) is 17.2. The summed E-state index contributed by atoms with van der Waals surface area (Å²) < 4.78 is 7.29. The molecule has 0 fully saturated rings. The molecule has 0 amide bonds. The average Bonchev–Trinajstić information content (AvgIpc) is 3.09. The van der Waals surface area contributed by atoms with Crippen LogP contribution in [0.3, 0.4) is 0 Å². The van der Waals surface area contributed by atoms with E-state index in [4.69, 9.17) is 4.74 Å². The van der Waals surface area contributed by atoms with Crippen molar-refractivity contribution < 1.29 is 9.53 Å². The molecule has 0 saturated carbocycles. The molecule has 0 aliphatic heterocycles. The molecule has 0 unspecified atom stereocenters. The topological polar surface area (TPSA) is 57.0 Å². The molecule has 3 aromatic rings.